The van der Waals surface area contributed by atoms with E-state index in [0.717, 1.165) is 17.3 Å². The van der Waals surface area contributed by atoms with Crippen molar-refractivity contribution in [1.29, 1.82) is 0 Å². The zero-order chi connectivity index (χ0) is 13.1. The lowest BCUT2D eigenvalue weighted by molar-refractivity contribution is 0.525. The molecule has 19 heavy (non-hydrogen) atoms. The highest BCUT2D eigenvalue weighted by molar-refractivity contribution is 5.60. The van der Waals surface area contributed by atoms with Gasteiger partial charge < -0.3 is 5.32 Å². The largest absolute Gasteiger partial charge is 0.381 e. The lowest BCUT2D eigenvalue weighted by Crippen LogP contribution is -2.17. The van der Waals surface area contributed by atoms with Crippen molar-refractivity contribution in [3.05, 3.63) is 30.6 Å². The Labute approximate surface area is 113 Å². The highest BCUT2D eigenvalue weighted by Crippen LogP contribution is 2.31. The van der Waals surface area contributed by atoms with Gasteiger partial charge in [-0.05, 0) is 47.7 Å². The third-order valence-corrected chi connectivity index (χ3v) is 3.98. The molecular formula is C14H19N5. The molecule has 2 atom stereocenters. The summed E-state index contributed by atoms with van der Waals surface area (Å²) in [7, 11) is 0. The van der Waals surface area contributed by atoms with Crippen molar-refractivity contribution in [1.82, 2.24) is 20.2 Å². The molecular weight excluding hydrogens is 238 g/mol. The quantitative estimate of drug-likeness (QED) is 0.915. The molecule has 1 aliphatic rings. The molecule has 0 bridgehead atoms. The predicted molar refractivity (Wildman–Crippen MR) is 74.2 cm³/mol. The van der Waals surface area contributed by atoms with Gasteiger partial charge in [-0.2, -0.15) is 4.68 Å². The fraction of sp³-hybridized carbons (Fsp3) is 0.500. The second-order valence-corrected chi connectivity index (χ2v) is 5.20. The van der Waals surface area contributed by atoms with Crippen LogP contribution in [-0.4, -0.2) is 26.2 Å². The topological polar surface area (TPSA) is 55.6 Å². The minimum atomic E-state index is 0.572. The molecule has 1 fully saturated rings. The normalized spacial score (nSPS) is 22.6. The van der Waals surface area contributed by atoms with Gasteiger partial charge >= 0.3 is 0 Å². The zero-order valence-electron chi connectivity index (χ0n) is 11.2. The SMILES string of the molecule is CCC1CCC(Nc2ccccc2-n2cnnn2)C1. The maximum atomic E-state index is 3.97. The Morgan fingerprint density at radius 1 is 1.32 bits per heavy atom. The van der Waals surface area contributed by atoms with Gasteiger partial charge in [-0.3, -0.25) is 0 Å². The highest BCUT2D eigenvalue weighted by atomic mass is 15.5. The van der Waals surface area contributed by atoms with E-state index in [2.05, 4.69) is 33.8 Å². The zero-order valence-corrected chi connectivity index (χ0v) is 11.2. The summed E-state index contributed by atoms with van der Waals surface area (Å²) in [5.41, 5.74) is 2.11. The molecule has 1 N–H and O–H groups in total. The van der Waals surface area contributed by atoms with Crippen LogP contribution in [0.4, 0.5) is 5.69 Å². The molecule has 2 aromatic rings. The highest BCUT2D eigenvalue weighted by Gasteiger charge is 2.23. The number of nitrogens with zero attached hydrogens (tertiary/aromatic N) is 4. The molecule has 2 unspecified atom stereocenters. The lowest BCUT2D eigenvalue weighted by atomic mass is 10.1. The standard InChI is InChI=1S/C14H19N5/c1-2-11-7-8-12(9-11)16-13-5-3-4-6-14(13)19-10-15-17-18-19/h3-6,10-12,16H,2,7-9H2,1H3. The minimum absolute atomic E-state index is 0.572. The third-order valence-electron chi connectivity index (χ3n) is 3.98. The van der Waals surface area contributed by atoms with Gasteiger partial charge in [-0.1, -0.05) is 25.5 Å². The van der Waals surface area contributed by atoms with E-state index in [0.29, 0.717) is 6.04 Å². The molecule has 1 aliphatic carbocycles. The van der Waals surface area contributed by atoms with Crippen molar-refractivity contribution in [2.24, 2.45) is 5.92 Å². The lowest BCUT2D eigenvalue weighted by Gasteiger charge is -2.17. The van der Waals surface area contributed by atoms with Crippen LogP contribution in [0, 0.1) is 5.92 Å². The first-order valence-electron chi connectivity index (χ1n) is 6.95. The molecule has 0 radical (unpaired) electrons. The van der Waals surface area contributed by atoms with E-state index in [4.69, 9.17) is 0 Å². The van der Waals surface area contributed by atoms with Crippen molar-refractivity contribution in [3.63, 3.8) is 0 Å². The number of nitrogens with one attached hydrogen (secondary N) is 1. The van der Waals surface area contributed by atoms with Gasteiger partial charge in [0.25, 0.3) is 0 Å². The van der Waals surface area contributed by atoms with Crippen LogP contribution in [0.3, 0.4) is 0 Å². The first-order valence-corrected chi connectivity index (χ1v) is 6.95. The number of aromatic nitrogens is 4. The molecule has 1 heterocycles. The maximum absolute atomic E-state index is 3.97. The maximum Gasteiger partial charge on any atom is 0.143 e. The molecule has 0 spiro atoms. The molecule has 5 nitrogen and oxygen atoms in total. The monoisotopic (exact) mass is 257 g/mol. The summed E-state index contributed by atoms with van der Waals surface area (Å²) < 4.78 is 1.70. The van der Waals surface area contributed by atoms with E-state index in [-0.39, 0.29) is 0 Å². The average molecular weight is 257 g/mol. The Hall–Kier alpha value is -1.91. The molecule has 5 heteroatoms. The van der Waals surface area contributed by atoms with Crippen molar-refractivity contribution in [2.75, 3.05) is 5.32 Å². The molecule has 0 aliphatic heterocycles. The first kappa shape index (κ1) is 12.1. The molecule has 0 amide bonds. The van der Waals surface area contributed by atoms with Crippen LogP contribution in [0.15, 0.2) is 30.6 Å². The number of anilines is 1. The van der Waals surface area contributed by atoms with Crippen LogP contribution in [-0.2, 0) is 0 Å². The number of rotatable bonds is 4. The van der Waals surface area contributed by atoms with Crippen LogP contribution in [0.25, 0.3) is 5.69 Å². The first-order chi connectivity index (χ1) is 9.36. The van der Waals surface area contributed by atoms with Crippen LogP contribution < -0.4 is 5.32 Å². The summed E-state index contributed by atoms with van der Waals surface area (Å²) >= 11 is 0. The van der Waals surface area contributed by atoms with Gasteiger partial charge in [0.1, 0.15) is 6.33 Å². The fourth-order valence-electron chi connectivity index (χ4n) is 2.86. The van der Waals surface area contributed by atoms with Gasteiger partial charge in [0, 0.05) is 6.04 Å². The Bertz CT molecular complexity index is 522. The van der Waals surface area contributed by atoms with Crippen molar-refractivity contribution in [2.45, 2.75) is 38.6 Å². The second-order valence-electron chi connectivity index (χ2n) is 5.20. The molecule has 100 valence electrons. The van der Waals surface area contributed by atoms with Gasteiger partial charge in [-0.15, -0.1) is 5.10 Å². The number of tetrazole rings is 1. The van der Waals surface area contributed by atoms with E-state index < -0.39 is 0 Å². The van der Waals surface area contributed by atoms with Crippen molar-refractivity contribution < 1.29 is 0 Å². The van der Waals surface area contributed by atoms with Crippen LogP contribution >= 0.6 is 0 Å². The van der Waals surface area contributed by atoms with E-state index in [9.17, 15) is 0 Å². The smallest absolute Gasteiger partial charge is 0.143 e. The number of hydrogen-bond donors (Lipinski definition) is 1. The molecule has 0 saturated heterocycles. The summed E-state index contributed by atoms with van der Waals surface area (Å²) in [6, 6.07) is 8.75. The Morgan fingerprint density at radius 3 is 2.95 bits per heavy atom. The van der Waals surface area contributed by atoms with Crippen LogP contribution in [0.1, 0.15) is 32.6 Å². The number of benzene rings is 1. The Morgan fingerprint density at radius 2 is 2.21 bits per heavy atom. The van der Waals surface area contributed by atoms with Crippen LogP contribution in [0.5, 0.6) is 0 Å². The summed E-state index contributed by atoms with van der Waals surface area (Å²) in [5.74, 6) is 0.873. The summed E-state index contributed by atoms with van der Waals surface area (Å²) in [6.07, 6.45) is 6.76. The van der Waals surface area contributed by atoms with Gasteiger partial charge in [0.05, 0.1) is 11.4 Å². The van der Waals surface area contributed by atoms with Crippen LogP contribution in [0.2, 0.25) is 0 Å². The van der Waals surface area contributed by atoms with Gasteiger partial charge in [-0.25, -0.2) is 0 Å². The Balaban J connectivity index is 1.78. The fourth-order valence-corrected chi connectivity index (χ4v) is 2.86. The second kappa shape index (κ2) is 5.38. The molecule has 1 aromatic heterocycles. The van der Waals surface area contributed by atoms with E-state index in [1.54, 1.807) is 11.0 Å². The summed E-state index contributed by atoms with van der Waals surface area (Å²) in [4.78, 5) is 0. The summed E-state index contributed by atoms with van der Waals surface area (Å²) in [6.45, 7) is 2.28. The summed E-state index contributed by atoms with van der Waals surface area (Å²) in [5, 5.41) is 15.0. The Kier molecular flexibility index (Phi) is 3.44. The van der Waals surface area contributed by atoms with Crippen molar-refractivity contribution >= 4 is 5.69 Å². The van der Waals surface area contributed by atoms with E-state index in [1.165, 1.54) is 25.7 Å². The van der Waals surface area contributed by atoms with Gasteiger partial charge in [0.15, 0.2) is 0 Å². The van der Waals surface area contributed by atoms with E-state index >= 15 is 0 Å². The average Bonchev–Trinajstić information content (AvgIpc) is 3.10. The van der Waals surface area contributed by atoms with E-state index in [1.807, 2.05) is 18.2 Å². The number of hydrogen-bond acceptors (Lipinski definition) is 4. The van der Waals surface area contributed by atoms with Gasteiger partial charge in [0.2, 0.25) is 0 Å². The molecule has 3 rings (SSSR count). The molecule has 1 saturated carbocycles. The third kappa shape index (κ3) is 2.59. The number of para-hydroxylation sites is 2. The minimum Gasteiger partial charge on any atom is -0.381 e. The molecule has 1 aromatic carbocycles. The predicted octanol–water partition coefficient (Wildman–Crippen LogP) is 2.65. The van der Waals surface area contributed by atoms with Crippen molar-refractivity contribution in [3.8, 4) is 5.69 Å².